The van der Waals surface area contributed by atoms with Crippen LogP contribution in [0.5, 0.6) is 0 Å². The highest BCUT2D eigenvalue weighted by Gasteiger charge is 2.38. The predicted octanol–water partition coefficient (Wildman–Crippen LogP) is 1.74. The first-order valence-electron chi connectivity index (χ1n) is 5.99. The molecule has 0 aliphatic carbocycles. The molecule has 17 heavy (non-hydrogen) atoms. The standard InChI is InChI=1S/C13H15BrN2O/c14-12-3-1-2-9(4-12)13(17)16-7-10-5-15-6-11(10)8-16/h1-4,10-11,15H,5-8H2/t10-,11+. The fourth-order valence-electron chi connectivity index (χ4n) is 2.83. The molecule has 1 aromatic carbocycles. The third-order valence-corrected chi connectivity index (χ3v) is 4.24. The molecule has 90 valence electrons. The van der Waals surface area contributed by atoms with E-state index in [-0.39, 0.29) is 5.91 Å². The maximum Gasteiger partial charge on any atom is 0.253 e. The molecule has 2 aliphatic rings. The number of amides is 1. The predicted molar refractivity (Wildman–Crippen MR) is 69.9 cm³/mol. The normalized spacial score (nSPS) is 27.2. The van der Waals surface area contributed by atoms with Crippen LogP contribution in [-0.4, -0.2) is 37.0 Å². The first-order valence-corrected chi connectivity index (χ1v) is 6.79. The third-order valence-electron chi connectivity index (χ3n) is 3.75. The third kappa shape index (κ3) is 2.11. The SMILES string of the molecule is O=C(c1cccc(Br)c1)N1C[C@H]2CNC[C@H]2C1. The van der Waals surface area contributed by atoms with E-state index in [1.165, 1.54) is 0 Å². The lowest BCUT2D eigenvalue weighted by Crippen LogP contribution is -2.31. The Hall–Kier alpha value is -0.870. The largest absolute Gasteiger partial charge is 0.338 e. The minimum absolute atomic E-state index is 0.167. The molecule has 2 saturated heterocycles. The van der Waals surface area contributed by atoms with E-state index in [0.29, 0.717) is 11.8 Å². The molecule has 2 heterocycles. The zero-order chi connectivity index (χ0) is 11.8. The van der Waals surface area contributed by atoms with Gasteiger partial charge >= 0.3 is 0 Å². The molecule has 3 nitrogen and oxygen atoms in total. The summed E-state index contributed by atoms with van der Waals surface area (Å²) in [5, 5.41) is 3.39. The highest BCUT2D eigenvalue weighted by Crippen LogP contribution is 2.27. The minimum atomic E-state index is 0.167. The maximum absolute atomic E-state index is 12.3. The zero-order valence-corrected chi connectivity index (χ0v) is 11.1. The summed E-state index contributed by atoms with van der Waals surface area (Å²) in [4.78, 5) is 14.3. The summed E-state index contributed by atoms with van der Waals surface area (Å²) in [7, 11) is 0. The number of nitrogens with one attached hydrogen (secondary N) is 1. The number of hydrogen-bond acceptors (Lipinski definition) is 2. The molecular formula is C13H15BrN2O. The van der Waals surface area contributed by atoms with Gasteiger partial charge in [-0.25, -0.2) is 0 Å². The summed E-state index contributed by atoms with van der Waals surface area (Å²) < 4.78 is 0.962. The van der Waals surface area contributed by atoms with E-state index >= 15 is 0 Å². The molecule has 1 N–H and O–H groups in total. The Morgan fingerprint density at radius 2 is 2.00 bits per heavy atom. The Bertz CT molecular complexity index is 437. The van der Waals surface area contributed by atoms with Gasteiger partial charge < -0.3 is 10.2 Å². The van der Waals surface area contributed by atoms with Crippen molar-refractivity contribution in [3.8, 4) is 0 Å². The van der Waals surface area contributed by atoms with Crippen LogP contribution in [0.1, 0.15) is 10.4 Å². The molecule has 0 bridgehead atoms. The van der Waals surface area contributed by atoms with Crippen molar-refractivity contribution in [3.63, 3.8) is 0 Å². The van der Waals surface area contributed by atoms with Gasteiger partial charge in [-0.2, -0.15) is 0 Å². The number of carbonyl (C=O) groups is 1. The van der Waals surface area contributed by atoms with Crippen LogP contribution in [0.15, 0.2) is 28.7 Å². The quantitative estimate of drug-likeness (QED) is 0.856. The number of benzene rings is 1. The first-order chi connectivity index (χ1) is 8.24. The van der Waals surface area contributed by atoms with Crippen LogP contribution in [0, 0.1) is 11.8 Å². The lowest BCUT2D eigenvalue weighted by Gasteiger charge is -2.17. The highest BCUT2D eigenvalue weighted by molar-refractivity contribution is 9.10. The second-order valence-corrected chi connectivity index (χ2v) is 5.81. The summed E-state index contributed by atoms with van der Waals surface area (Å²) in [5.74, 6) is 1.48. The van der Waals surface area contributed by atoms with Crippen molar-refractivity contribution in [1.29, 1.82) is 0 Å². The van der Waals surface area contributed by atoms with Gasteiger partial charge in [-0.3, -0.25) is 4.79 Å². The van der Waals surface area contributed by atoms with Crippen molar-refractivity contribution >= 4 is 21.8 Å². The van der Waals surface area contributed by atoms with E-state index in [1.54, 1.807) is 0 Å². The first kappa shape index (κ1) is 11.2. The molecule has 2 fully saturated rings. The number of nitrogens with zero attached hydrogens (tertiary/aromatic N) is 1. The van der Waals surface area contributed by atoms with Crippen LogP contribution in [0.25, 0.3) is 0 Å². The van der Waals surface area contributed by atoms with Gasteiger partial charge in [0.05, 0.1) is 0 Å². The van der Waals surface area contributed by atoms with E-state index < -0.39 is 0 Å². The molecule has 0 aromatic heterocycles. The van der Waals surface area contributed by atoms with Crippen LogP contribution in [-0.2, 0) is 0 Å². The molecule has 0 radical (unpaired) electrons. The van der Waals surface area contributed by atoms with Crippen molar-refractivity contribution in [1.82, 2.24) is 10.2 Å². The Morgan fingerprint density at radius 3 is 2.65 bits per heavy atom. The van der Waals surface area contributed by atoms with E-state index in [9.17, 15) is 4.79 Å². The fourth-order valence-corrected chi connectivity index (χ4v) is 3.22. The summed E-state index contributed by atoms with van der Waals surface area (Å²) in [5.41, 5.74) is 0.785. The number of likely N-dealkylation sites (tertiary alicyclic amines) is 1. The lowest BCUT2D eigenvalue weighted by atomic mass is 10.0. The van der Waals surface area contributed by atoms with Gasteiger partial charge in [0.15, 0.2) is 0 Å². The Balaban J connectivity index is 1.75. The van der Waals surface area contributed by atoms with Gasteiger partial charge in [0.1, 0.15) is 0 Å². The second kappa shape index (κ2) is 4.42. The smallest absolute Gasteiger partial charge is 0.253 e. The van der Waals surface area contributed by atoms with Gasteiger partial charge in [-0.15, -0.1) is 0 Å². The Labute approximate surface area is 109 Å². The van der Waals surface area contributed by atoms with E-state index in [4.69, 9.17) is 0 Å². The number of rotatable bonds is 1. The van der Waals surface area contributed by atoms with Gasteiger partial charge in [0, 0.05) is 36.2 Å². The Morgan fingerprint density at radius 1 is 1.29 bits per heavy atom. The minimum Gasteiger partial charge on any atom is -0.338 e. The van der Waals surface area contributed by atoms with Crippen LogP contribution < -0.4 is 5.32 Å². The molecule has 1 aromatic rings. The fraction of sp³-hybridized carbons (Fsp3) is 0.462. The average Bonchev–Trinajstić information content (AvgIpc) is 2.88. The Kier molecular flexibility index (Phi) is 2.92. The summed E-state index contributed by atoms with van der Waals surface area (Å²) in [6.45, 7) is 3.94. The van der Waals surface area contributed by atoms with Gasteiger partial charge in [-0.05, 0) is 30.0 Å². The van der Waals surface area contributed by atoms with Gasteiger partial charge in [0.2, 0.25) is 0 Å². The molecule has 4 heteroatoms. The van der Waals surface area contributed by atoms with Crippen molar-refractivity contribution in [2.24, 2.45) is 11.8 Å². The van der Waals surface area contributed by atoms with Crippen molar-refractivity contribution in [2.45, 2.75) is 0 Å². The van der Waals surface area contributed by atoms with Crippen molar-refractivity contribution in [3.05, 3.63) is 34.3 Å². The van der Waals surface area contributed by atoms with Gasteiger partial charge in [0.25, 0.3) is 5.91 Å². The number of fused-ring (bicyclic) bond motifs is 1. The lowest BCUT2D eigenvalue weighted by molar-refractivity contribution is 0.0781. The monoisotopic (exact) mass is 294 g/mol. The zero-order valence-electron chi connectivity index (χ0n) is 9.53. The number of halogens is 1. The molecule has 0 saturated carbocycles. The van der Waals surface area contributed by atoms with Crippen LogP contribution >= 0.6 is 15.9 Å². The van der Waals surface area contributed by atoms with Crippen LogP contribution in [0.2, 0.25) is 0 Å². The number of hydrogen-bond donors (Lipinski definition) is 1. The molecule has 2 atom stereocenters. The van der Waals surface area contributed by atoms with Crippen LogP contribution in [0.4, 0.5) is 0 Å². The topological polar surface area (TPSA) is 32.3 Å². The second-order valence-electron chi connectivity index (χ2n) is 4.90. The van der Waals surface area contributed by atoms with E-state index in [2.05, 4.69) is 21.2 Å². The molecule has 0 unspecified atom stereocenters. The average molecular weight is 295 g/mol. The van der Waals surface area contributed by atoms with E-state index in [0.717, 1.165) is 36.2 Å². The highest BCUT2D eigenvalue weighted by atomic mass is 79.9. The molecule has 1 amide bonds. The molecule has 2 aliphatic heterocycles. The van der Waals surface area contributed by atoms with Gasteiger partial charge in [-0.1, -0.05) is 22.0 Å². The summed E-state index contributed by atoms with van der Waals surface area (Å²) >= 11 is 3.41. The summed E-state index contributed by atoms with van der Waals surface area (Å²) in [6, 6.07) is 7.64. The van der Waals surface area contributed by atoms with Crippen LogP contribution in [0.3, 0.4) is 0 Å². The number of carbonyl (C=O) groups excluding carboxylic acids is 1. The maximum atomic E-state index is 12.3. The summed E-state index contributed by atoms with van der Waals surface area (Å²) in [6.07, 6.45) is 0. The van der Waals surface area contributed by atoms with E-state index in [1.807, 2.05) is 29.2 Å². The van der Waals surface area contributed by atoms with Crippen molar-refractivity contribution < 1.29 is 4.79 Å². The van der Waals surface area contributed by atoms with Crippen molar-refractivity contribution in [2.75, 3.05) is 26.2 Å². The molecular weight excluding hydrogens is 280 g/mol. The molecule has 0 spiro atoms. The molecule has 3 rings (SSSR count).